The number of amidine groups is 1. The number of nitrogens with zero attached hydrogens (tertiary/aromatic N) is 3. The fraction of sp³-hybridized carbons (Fsp3) is 0.353. The number of halogens is 6. The predicted molar refractivity (Wildman–Crippen MR) is 105 cm³/mol. The third-order valence-corrected chi connectivity index (χ3v) is 5.24. The first-order valence-corrected chi connectivity index (χ1v) is 9.49. The highest BCUT2D eigenvalue weighted by molar-refractivity contribution is 14.1. The van der Waals surface area contributed by atoms with Gasteiger partial charge < -0.3 is 15.8 Å². The summed E-state index contributed by atoms with van der Waals surface area (Å²) in [5, 5.41) is 6.19. The van der Waals surface area contributed by atoms with Gasteiger partial charge in [-0.2, -0.15) is 13.9 Å². The van der Waals surface area contributed by atoms with Crippen molar-refractivity contribution in [2.75, 3.05) is 11.9 Å². The SMILES string of the molecule is C[C@]1(c2cc(NC(=O)c3nn(CC(F)F)cc3I)ccc2F)N=C(N)OCC1(F)F. The molecule has 0 aliphatic carbocycles. The van der Waals surface area contributed by atoms with Gasteiger partial charge in [-0.1, -0.05) is 0 Å². The second kappa shape index (κ2) is 8.00. The van der Waals surface area contributed by atoms with Crippen LogP contribution >= 0.6 is 22.6 Å². The molecule has 0 unspecified atom stereocenters. The first-order chi connectivity index (χ1) is 13.9. The molecule has 0 spiro atoms. The Hall–Kier alpha value is -2.45. The van der Waals surface area contributed by atoms with Gasteiger partial charge in [-0.15, -0.1) is 0 Å². The molecular formula is C17H15F5IN5O2. The molecule has 3 N–H and O–H groups in total. The maximum absolute atomic E-state index is 14.5. The lowest BCUT2D eigenvalue weighted by molar-refractivity contribution is -0.117. The van der Waals surface area contributed by atoms with Crippen molar-refractivity contribution in [2.45, 2.75) is 31.4 Å². The zero-order valence-electron chi connectivity index (χ0n) is 15.3. The largest absolute Gasteiger partial charge is 0.459 e. The van der Waals surface area contributed by atoms with Crippen molar-refractivity contribution in [1.82, 2.24) is 9.78 Å². The van der Waals surface area contributed by atoms with Crippen LogP contribution in [0.3, 0.4) is 0 Å². The Morgan fingerprint density at radius 3 is 2.80 bits per heavy atom. The molecule has 7 nitrogen and oxygen atoms in total. The van der Waals surface area contributed by atoms with Crippen molar-refractivity contribution < 1.29 is 31.5 Å². The fourth-order valence-corrected chi connectivity index (χ4v) is 3.52. The van der Waals surface area contributed by atoms with Gasteiger partial charge in [0, 0.05) is 17.4 Å². The monoisotopic (exact) mass is 543 g/mol. The van der Waals surface area contributed by atoms with Crippen molar-refractivity contribution >= 4 is 40.2 Å². The summed E-state index contributed by atoms with van der Waals surface area (Å²) in [5.74, 6) is -5.34. The summed E-state index contributed by atoms with van der Waals surface area (Å²) < 4.78 is 74.2. The van der Waals surface area contributed by atoms with Gasteiger partial charge in [0.25, 0.3) is 18.4 Å². The van der Waals surface area contributed by atoms with Crippen LogP contribution in [0.1, 0.15) is 23.0 Å². The number of ether oxygens (including phenoxy) is 1. The quantitative estimate of drug-likeness (QED) is 0.447. The molecule has 0 bridgehead atoms. The van der Waals surface area contributed by atoms with Crippen LogP contribution in [-0.4, -0.2) is 40.7 Å². The van der Waals surface area contributed by atoms with E-state index in [4.69, 9.17) is 5.73 Å². The minimum absolute atomic E-state index is 0.0205. The zero-order chi connectivity index (χ0) is 22.3. The minimum Gasteiger partial charge on any atom is -0.459 e. The van der Waals surface area contributed by atoms with Crippen LogP contribution in [0.2, 0.25) is 0 Å². The normalized spacial score (nSPS) is 20.6. The standard InChI is InChI=1S/C17H15F5IN5O2/c1-16(17(21,22)7-30-15(24)26-16)9-4-8(2-3-10(9)18)25-14(29)13-11(23)5-28(27-13)6-12(19)20/h2-5,12H,6-7H2,1H3,(H2,24,26)(H,25,29)/t16-/m1/s1. The van der Waals surface area contributed by atoms with Gasteiger partial charge in [0.15, 0.2) is 17.8 Å². The molecule has 0 radical (unpaired) electrons. The Morgan fingerprint density at radius 2 is 2.13 bits per heavy atom. The first kappa shape index (κ1) is 22.2. The minimum atomic E-state index is -3.58. The molecule has 1 amide bonds. The van der Waals surface area contributed by atoms with Gasteiger partial charge in [-0.25, -0.2) is 18.2 Å². The molecule has 1 aliphatic heterocycles. The van der Waals surface area contributed by atoms with Gasteiger partial charge in [0.1, 0.15) is 12.4 Å². The molecule has 13 heteroatoms. The number of aliphatic imine (C=N–C) groups is 1. The Kier molecular flexibility index (Phi) is 5.93. The second-order valence-electron chi connectivity index (χ2n) is 6.60. The number of carbonyl (C=O) groups is 1. The molecule has 1 aliphatic rings. The summed E-state index contributed by atoms with van der Waals surface area (Å²) in [5.41, 5.74) is 2.36. The lowest BCUT2D eigenvalue weighted by Gasteiger charge is -2.37. The van der Waals surface area contributed by atoms with Crippen molar-refractivity contribution in [3.05, 3.63) is 45.0 Å². The highest BCUT2D eigenvalue weighted by Gasteiger charge is 2.56. The molecule has 0 fully saturated rings. The van der Waals surface area contributed by atoms with E-state index in [-0.39, 0.29) is 11.4 Å². The molecular weight excluding hydrogens is 528 g/mol. The molecule has 1 aromatic carbocycles. The molecule has 2 aromatic rings. The van der Waals surface area contributed by atoms with Crippen LogP contribution < -0.4 is 11.1 Å². The number of amides is 1. The average molecular weight is 543 g/mol. The number of hydrogen-bond donors (Lipinski definition) is 2. The molecule has 1 atom stereocenters. The van der Waals surface area contributed by atoms with E-state index in [1.807, 2.05) is 0 Å². The number of nitrogens with one attached hydrogen (secondary N) is 1. The van der Waals surface area contributed by atoms with E-state index in [0.717, 1.165) is 29.8 Å². The molecule has 1 aromatic heterocycles. The maximum atomic E-state index is 14.5. The molecule has 0 saturated heterocycles. The molecule has 2 heterocycles. The summed E-state index contributed by atoms with van der Waals surface area (Å²) in [6.07, 6.45) is -1.40. The van der Waals surface area contributed by atoms with Crippen LogP contribution in [0.25, 0.3) is 0 Å². The topological polar surface area (TPSA) is 94.5 Å². The van der Waals surface area contributed by atoms with Crippen molar-refractivity contribution in [2.24, 2.45) is 10.7 Å². The van der Waals surface area contributed by atoms with Gasteiger partial charge in [-0.05, 0) is 47.7 Å². The lowest BCUT2D eigenvalue weighted by Crippen LogP contribution is -2.51. The fourth-order valence-electron chi connectivity index (χ4n) is 2.85. The first-order valence-electron chi connectivity index (χ1n) is 8.41. The number of nitrogens with two attached hydrogens (primary N) is 1. The van der Waals surface area contributed by atoms with Gasteiger partial charge in [-0.3, -0.25) is 9.48 Å². The summed E-state index contributed by atoms with van der Waals surface area (Å²) in [6.45, 7) is -0.783. The van der Waals surface area contributed by atoms with Crippen molar-refractivity contribution in [1.29, 1.82) is 0 Å². The Bertz CT molecular complexity index is 1010. The smallest absolute Gasteiger partial charge is 0.310 e. The number of alkyl halides is 4. The van der Waals surface area contributed by atoms with Crippen LogP contribution in [0.5, 0.6) is 0 Å². The number of rotatable bonds is 5. The predicted octanol–water partition coefficient (Wildman–Crippen LogP) is 3.34. The Balaban J connectivity index is 1.92. The molecule has 162 valence electrons. The molecule has 0 saturated carbocycles. The van der Waals surface area contributed by atoms with Crippen LogP contribution in [0.15, 0.2) is 29.4 Å². The summed E-state index contributed by atoms with van der Waals surface area (Å²) in [7, 11) is 0. The third kappa shape index (κ3) is 4.20. The summed E-state index contributed by atoms with van der Waals surface area (Å²) in [4.78, 5) is 16.1. The van der Waals surface area contributed by atoms with Crippen LogP contribution in [0.4, 0.5) is 27.6 Å². The van der Waals surface area contributed by atoms with E-state index in [1.165, 1.54) is 6.20 Å². The third-order valence-electron chi connectivity index (χ3n) is 4.45. The Morgan fingerprint density at radius 1 is 1.43 bits per heavy atom. The highest BCUT2D eigenvalue weighted by atomic mass is 127. The summed E-state index contributed by atoms with van der Waals surface area (Å²) in [6, 6.07) is 2.55. The van der Waals surface area contributed by atoms with E-state index in [9.17, 15) is 26.7 Å². The van der Waals surface area contributed by atoms with Gasteiger partial charge in [0.05, 0.1) is 3.57 Å². The Labute approximate surface area is 180 Å². The van der Waals surface area contributed by atoms with Crippen LogP contribution in [-0.2, 0) is 16.8 Å². The number of anilines is 1. The van der Waals surface area contributed by atoms with E-state index in [1.54, 1.807) is 22.6 Å². The number of hydrogen-bond acceptors (Lipinski definition) is 5. The molecule has 3 rings (SSSR count). The van der Waals surface area contributed by atoms with E-state index in [2.05, 4.69) is 20.1 Å². The van der Waals surface area contributed by atoms with E-state index >= 15 is 0 Å². The number of carbonyl (C=O) groups excluding carboxylic acids is 1. The summed E-state index contributed by atoms with van der Waals surface area (Å²) >= 11 is 1.75. The van der Waals surface area contributed by atoms with Gasteiger partial charge in [0.2, 0.25) is 0 Å². The lowest BCUT2D eigenvalue weighted by atomic mass is 9.85. The van der Waals surface area contributed by atoms with Crippen molar-refractivity contribution in [3.8, 4) is 0 Å². The van der Waals surface area contributed by atoms with Crippen LogP contribution in [0, 0.1) is 9.39 Å². The highest BCUT2D eigenvalue weighted by Crippen LogP contribution is 2.44. The van der Waals surface area contributed by atoms with Crippen molar-refractivity contribution in [3.63, 3.8) is 0 Å². The van der Waals surface area contributed by atoms with E-state index < -0.39 is 54.3 Å². The molecule has 30 heavy (non-hydrogen) atoms. The van der Waals surface area contributed by atoms with E-state index in [0.29, 0.717) is 3.57 Å². The second-order valence-corrected chi connectivity index (χ2v) is 7.77. The van der Waals surface area contributed by atoms with Gasteiger partial charge >= 0.3 is 5.92 Å². The number of benzene rings is 1. The maximum Gasteiger partial charge on any atom is 0.310 e. The zero-order valence-corrected chi connectivity index (χ0v) is 17.5. The average Bonchev–Trinajstić information content (AvgIpc) is 3.00. The number of aromatic nitrogens is 2.